The van der Waals surface area contributed by atoms with Crippen molar-refractivity contribution in [2.75, 3.05) is 26.9 Å². The maximum atomic E-state index is 13.3. The van der Waals surface area contributed by atoms with Gasteiger partial charge in [0.05, 0.1) is 18.3 Å². The van der Waals surface area contributed by atoms with Crippen LogP contribution in [-0.4, -0.2) is 58.3 Å². The van der Waals surface area contributed by atoms with Crippen LogP contribution in [0.15, 0.2) is 61.1 Å². The van der Waals surface area contributed by atoms with E-state index in [2.05, 4.69) is 30.3 Å². The van der Waals surface area contributed by atoms with Crippen molar-refractivity contribution in [2.24, 2.45) is 11.1 Å². The molecule has 1 amide bonds. The van der Waals surface area contributed by atoms with Crippen LogP contribution in [0.5, 0.6) is 0 Å². The number of hydrogen-bond donors (Lipinski definition) is 1. The highest BCUT2D eigenvalue weighted by atomic mass is 19.1. The maximum Gasteiger partial charge on any atom is 0.249 e. The molecular weight excluding hydrogens is 445 g/mol. The van der Waals surface area contributed by atoms with Crippen molar-refractivity contribution in [3.8, 4) is 11.3 Å². The Balaban J connectivity index is 2.13. The number of alkyl halides is 1. The highest BCUT2D eigenvalue weighted by Crippen LogP contribution is 2.39. The second-order valence-electron chi connectivity index (χ2n) is 9.83. The van der Waals surface area contributed by atoms with E-state index in [9.17, 15) is 9.18 Å². The monoisotopic (exact) mass is 481 g/mol. The van der Waals surface area contributed by atoms with Gasteiger partial charge in [-0.05, 0) is 23.5 Å². The predicted octanol–water partition coefficient (Wildman–Crippen LogP) is 4.24. The summed E-state index contributed by atoms with van der Waals surface area (Å²) in [5.74, 6) is 0.564. The zero-order chi connectivity index (χ0) is 25.4. The molecule has 0 spiro atoms. The number of carbonyl (C=O) groups is 1. The van der Waals surface area contributed by atoms with E-state index < -0.39 is 18.8 Å². The molecule has 2 atom stereocenters. The van der Waals surface area contributed by atoms with Crippen LogP contribution in [0.4, 0.5) is 4.39 Å². The normalized spacial score (nSPS) is 13.4. The van der Waals surface area contributed by atoms with Gasteiger partial charge in [-0.2, -0.15) is 0 Å². The summed E-state index contributed by atoms with van der Waals surface area (Å²) in [5.41, 5.74) is 8.33. The first kappa shape index (κ1) is 26.5. The number of halogens is 1. The number of hydrogen-bond acceptors (Lipinski definition) is 5. The van der Waals surface area contributed by atoms with Crippen LogP contribution in [0.2, 0.25) is 0 Å². The highest BCUT2D eigenvalue weighted by Gasteiger charge is 2.38. The fourth-order valence-corrected chi connectivity index (χ4v) is 4.19. The molecule has 0 fully saturated rings. The third kappa shape index (κ3) is 6.96. The molecule has 0 unspecified atom stereocenters. The van der Waals surface area contributed by atoms with Gasteiger partial charge in [-0.25, -0.2) is 9.37 Å². The molecule has 2 heterocycles. The molecule has 35 heavy (non-hydrogen) atoms. The minimum atomic E-state index is -0.639. The zero-order valence-electron chi connectivity index (χ0n) is 21.0. The topological polar surface area (TPSA) is 86.3 Å². The van der Waals surface area contributed by atoms with Crippen LogP contribution >= 0.6 is 0 Å². The van der Waals surface area contributed by atoms with Gasteiger partial charge in [-0.1, -0.05) is 57.2 Å². The molecule has 0 radical (unpaired) electrons. The lowest BCUT2D eigenvalue weighted by atomic mass is 9.84. The molecule has 3 rings (SSSR count). The Hall–Kier alpha value is -3.10. The number of benzene rings is 1. The molecule has 7 nitrogen and oxygen atoms in total. The highest BCUT2D eigenvalue weighted by molar-refractivity contribution is 5.78. The molecule has 0 aliphatic carbocycles. The summed E-state index contributed by atoms with van der Waals surface area (Å²) >= 11 is 0. The van der Waals surface area contributed by atoms with Crippen molar-refractivity contribution >= 4 is 5.91 Å². The van der Waals surface area contributed by atoms with Gasteiger partial charge in [0.1, 0.15) is 19.1 Å². The Labute approximate surface area is 207 Å². The molecule has 8 heteroatoms. The number of aromatic nitrogens is 3. The largest absolute Gasteiger partial charge is 0.375 e. The number of methoxy groups -OCH3 is 1. The average molecular weight is 482 g/mol. The van der Waals surface area contributed by atoms with Crippen molar-refractivity contribution in [1.82, 2.24) is 19.4 Å². The van der Waals surface area contributed by atoms with Crippen molar-refractivity contribution < 1.29 is 13.9 Å². The van der Waals surface area contributed by atoms with Crippen LogP contribution in [0.3, 0.4) is 0 Å². The Morgan fingerprint density at radius 3 is 2.54 bits per heavy atom. The lowest BCUT2D eigenvalue weighted by Crippen LogP contribution is -2.45. The van der Waals surface area contributed by atoms with Crippen LogP contribution < -0.4 is 5.73 Å². The van der Waals surface area contributed by atoms with Gasteiger partial charge in [0, 0.05) is 43.9 Å². The van der Waals surface area contributed by atoms with Gasteiger partial charge in [0.15, 0.2) is 0 Å². The van der Waals surface area contributed by atoms with Crippen molar-refractivity contribution in [2.45, 2.75) is 45.8 Å². The summed E-state index contributed by atoms with van der Waals surface area (Å²) in [6.45, 7) is 6.36. The SMILES string of the molecule is COCC(=O)N(CC[C@H](N)CF)[C@@H](c1nc(-c2ccccc2)cn1Cc1cccnc1)C(C)(C)C. The molecule has 0 saturated heterocycles. The lowest BCUT2D eigenvalue weighted by molar-refractivity contribution is -0.140. The Kier molecular flexibility index (Phi) is 9.12. The second kappa shape index (κ2) is 12.0. The molecule has 1 aromatic carbocycles. The van der Waals surface area contributed by atoms with Gasteiger partial charge in [-0.15, -0.1) is 0 Å². The number of nitrogens with two attached hydrogens (primary N) is 1. The molecule has 2 aromatic heterocycles. The van der Waals surface area contributed by atoms with Gasteiger partial charge in [0.25, 0.3) is 0 Å². The maximum absolute atomic E-state index is 13.3. The van der Waals surface area contributed by atoms with Gasteiger partial charge in [-0.3, -0.25) is 9.78 Å². The number of carbonyl (C=O) groups excluding carboxylic acids is 1. The molecule has 0 saturated carbocycles. The third-order valence-electron chi connectivity index (χ3n) is 5.86. The first-order chi connectivity index (χ1) is 16.7. The lowest BCUT2D eigenvalue weighted by Gasteiger charge is -2.40. The van der Waals surface area contributed by atoms with Gasteiger partial charge < -0.3 is 19.9 Å². The predicted molar refractivity (Wildman–Crippen MR) is 135 cm³/mol. The van der Waals surface area contributed by atoms with Crippen LogP contribution in [-0.2, 0) is 16.1 Å². The smallest absolute Gasteiger partial charge is 0.249 e. The summed E-state index contributed by atoms with van der Waals surface area (Å²) in [7, 11) is 1.49. The van der Waals surface area contributed by atoms with E-state index in [4.69, 9.17) is 15.5 Å². The summed E-state index contributed by atoms with van der Waals surface area (Å²) in [4.78, 5) is 24.3. The van der Waals surface area contributed by atoms with E-state index in [-0.39, 0.29) is 17.9 Å². The average Bonchev–Trinajstić information content (AvgIpc) is 3.24. The number of ether oxygens (including phenoxy) is 1. The third-order valence-corrected chi connectivity index (χ3v) is 5.86. The number of amides is 1. The van der Waals surface area contributed by atoms with Crippen molar-refractivity contribution in [3.63, 3.8) is 0 Å². The van der Waals surface area contributed by atoms with E-state index >= 15 is 0 Å². The number of pyridine rings is 1. The summed E-state index contributed by atoms with van der Waals surface area (Å²) in [6, 6.07) is 12.8. The molecule has 188 valence electrons. The van der Waals surface area contributed by atoms with Gasteiger partial charge >= 0.3 is 0 Å². The quantitative estimate of drug-likeness (QED) is 0.443. The number of imidazole rings is 1. The Morgan fingerprint density at radius 2 is 1.94 bits per heavy atom. The molecule has 2 N–H and O–H groups in total. The molecule has 0 aliphatic rings. The standard InChI is InChI=1S/C27H36FN5O2/c1-27(2,3)25(33(24(34)19-35-4)14-12-22(29)15-28)26-31-23(21-10-6-5-7-11-21)18-32(26)17-20-9-8-13-30-16-20/h5-11,13,16,18,22,25H,12,14-15,17,19,29H2,1-4H3/t22-,25-/m0/s1. The fraction of sp³-hybridized carbons (Fsp3) is 0.444. The fourth-order valence-electron chi connectivity index (χ4n) is 4.19. The summed E-state index contributed by atoms with van der Waals surface area (Å²) in [6.07, 6.45) is 5.92. The number of nitrogens with zero attached hydrogens (tertiary/aromatic N) is 4. The van der Waals surface area contributed by atoms with E-state index in [1.165, 1.54) is 7.11 Å². The first-order valence-electron chi connectivity index (χ1n) is 11.9. The molecule has 0 bridgehead atoms. The zero-order valence-corrected chi connectivity index (χ0v) is 21.0. The van der Waals surface area contributed by atoms with Crippen LogP contribution in [0.25, 0.3) is 11.3 Å². The Morgan fingerprint density at radius 1 is 1.20 bits per heavy atom. The van der Waals surface area contributed by atoms with E-state index in [1.54, 1.807) is 11.1 Å². The minimum Gasteiger partial charge on any atom is -0.375 e. The minimum absolute atomic E-state index is 0.0771. The van der Waals surface area contributed by atoms with Gasteiger partial charge in [0.2, 0.25) is 5.91 Å². The second-order valence-corrected chi connectivity index (χ2v) is 9.83. The summed E-state index contributed by atoms with van der Waals surface area (Å²) in [5, 5.41) is 0. The molecule has 3 aromatic rings. The van der Waals surface area contributed by atoms with E-state index in [1.807, 2.05) is 54.9 Å². The molecule has 0 aliphatic heterocycles. The van der Waals surface area contributed by atoms with Crippen LogP contribution in [0.1, 0.15) is 44.6 Å². The van der Waals surface area contributed by atoms with Crippen molar-refractivity contribution in [1.29, 1.82) is 0 Å². The number of rotatable bonds is 11. The van der Waals surface area contributed by atoms with Crippen LogP contribution in [0, 0.1) is 5.41 Å². The molecular formula is C27H36FN5O2. The van der Waals surface area contributed by atoms with E-state index in [0.29, 0.717) is 19.5 Å². The Bertz CT molecular complexity index is 1070. The van der Waals surface area contributed by atoms with Crippen molar-refractivity contribution in [3.05, 3.63) is 72.4 Å². The first-order valence-corrected chi connectivity index (χ1v) is 11.9. The van der Waals surface area contributed by atoms with E-state index in [0.717, 1.165) is 22.6 Å². The summed E-state index contributed by atoms with van der Waals surface area (Å²) < 4.78 is 20.4.